The van der Waals surface area contributed by atoms with Crippen molar-refractivity contribution >= 4 is 27.4 Å². The van der Waals surface area contributed by atoms with Crippen molar-refractivity contribution in [2.24, 2.45) is 0 Å². The molecule has 1 aliphatic rings. The lowest BCUT2D eigenvalue weighted by Gasteiger charge is -2.29. The van der Waals surface area contributed by atoms with Gasteiger partial charge in [0.15, 0.2) is 0 Å². The summed E-state index contributed by atoms with van der Waals surface area (Å²) in [6, 6.07) is 4.17. The number of carboxylic acids is 1. The van der Waals surface area contributed by atoms with E-state index in [1.807, 2.05) is 0 Å². The number of benzene rings is 1. The molecule has 1 aliphatic heterocycles. The maximum absolute atomic E-state index is 12.0. The van der Waals surface area contributed by atoms with E-state index in [0.717, 1.165) is 4.31 Å². The molecule has 0 amide bonds. The van der Waals surface area contributed by atoms with Crippen LogP contribution in [0.25, 0.3) is 0 Å². The third-order valence-corrected chi connectivity index (χ3v) is 4.73. The van der Waals surface area contributed by atoms with Crippen LogP contribution in [-0.2, 0) is 10.0 Å². The number of nitrogen functional groups attached to an aromatic ring is 1. The molecule has 0 aliphatic carbocycles. The fourth-order valence-corrected chi connectivity index (χ4v) is 3.64. The van der Waals surface area contributed by atoms with Crippen molar-refractivity contribution in [3.8, 4) is 0 Å². The monoisotopic (exact) mass is 270 g/mol. The molecule has 0 spiro atoms. The van der Waals surface area contributed by atoms with Crippen LogP contribution in [0.4, 0.5) is 11.4 Å². The molecule has 0 unspecified atom stereocenters. The number of rotatable bonds is 2. The molecule has 0 radical (unpaired) electrons. The molecule has 1 aromatic rings. The predicted octanol–water partition coefficient (Wildman–Crippen LogP) is 0.897. The molecule has 0 atom stereocenters. The van der Waals surface area contributed by atoms with Crippen molar-refractivity contribution < 1.29 is 18.3 Å². The summed E-state index contributed by atoms with van der Waals surface area (Å²) in [6.07, 6.45) is 1.32. The summed E-state index contributed by atoms with van der Waals surface area (Å²) in [6.45, 7) is 0.298. The number of carbonyl (C=O) groups is 1. The summed E-state index contributed by atoms with van der Waals surface area (Å²) in [5, 5.41) is 9.10. The number of nitrogens with two attached hydrogens (primary N) is 1. The second kappa shape index (κ2) is 4.49. The highest BCUT2D eigenvalue weighted by Crippen LogP contribution is 2.29. The Morgan fingerprint density at radius 1 is 1.33 bits per heavy atom. The molecule has 2 rings (SSSR count). The normalized spacial score (nSPS) is 18.6. The minimum atomic E-state index is -3.43. The van der Waals surface area contributed by atoms with Gasteiger partial charge in [0.25, 0.3) is 0 Å². The van der Waals surface area contributed by atoms with Gasteiger partial charge in [0.2, 0.25) is 10.0 Å². The molecule has 0 bridgehead atoms. The van der Waals surface area contributed by atoms with Crippen molar-refractivity contribution in [1.29, 1.82) is 0 Å². The quantitative estimate of drug-likeness (QED) is 0.777. The van der Waals surface area contributed by atoms with E-state index in [2.05, 4.69) is 0 Å². The van der Waals surface area contributed by atoms with Gasteiger partial charge in [-0.3, -0.25) is 4.31 Å². The maximum atomic E-state index is 12.0. The average Bonchev–Trinajstić information content (AvgIpc) is 2.27. The lowest BCUT2D eigenvalue weighted by Crippen LogP contribution is -2.38. The van der Waals surface area contributed by atoms with Crippen LogP contribution in [0.3, 0.4) is 0 Å². The first-order chi connectivity index (χ1) is 8.42. The van der Waals surface area contributed by atoms with Gasteiger partial charge in [-0.1, -0.05) is 0 Å². The molecule has 6 nitrogen and oxygen atoms in total. The van der Waals surface area contributed by atoms with Crippen LogP contribution in [0.5, 0.6) is 0 Å². The zero-order valence-corrected chi connectivity index (χ0v) is 10.5. The number of nitrogens with zero attached hydrogens (tertiary/aromatic N) is 1. The number of aromatic carboxylic acids is 1. The molecule has 0 aromatic heterocycles. The second-order valence-corrected chi connectivity index (χ2v) is 6.19. The summed E-state index contributed by atoms with van der Waals surface area (Å²) in [5.74, 6) is -1.12. The lowest BCUT2D eigenvalue weighted by molar-refractivity contribution is 0.0698. The third-order valence-electron chi connectivity index (χ3n) is 2.87. The van der Waals surface area contributed by atoms with E-state index in [4.69, 9.17) is 10.8 Å². The smallest absolute Gasteiger partial charge is 0.337 e. The Morgan fingerprint density at radius 2 is 2.06 bits per heavy atom. The van der Waals surface area contributed by atoms with Crippen molar-refractivity contribution in [1.82, 2.24) is 0 Å². The van der Waals surface area contributed by atoms with Crippen LogP contribution in [0.1, 0.15) is 23.2 Å². The molecule has 3 N–H and O–H groups in total. The minimum absolute atomic E-state index is 0.0425. The van der Waals surface area contributed by atoms with Crippen molar-refractivity contribution in [2.75, 3.05) is 22.3 Å². The molecule has 98 valence electrons. The summed E-state index contributed by atoms with van der Waals surface area (Å²) < 4.78 is 25.1. The van der Waals surface area contributed by atoms with Gasteiger partial charge in [-0.05, 0) is 31.0 Å². The first kappa shape index (κ1) is 12.7. The zero-order chi connectivity index (χ0) is 13.3. The highest BCUT2D eigenvalue weighted by Gasteiger charge is 2.29. The van der Waals surface area contributed by atoms with Crippen molar-refractivity contribution in [3.63, 3.8) is 0 Å². The van der Waals surface area contributed by atoms with E-state index >= 15 is 0 Å². The van der Waals surface area contributed by atoms with Gasteiger partial charge in [-0.15, -0.1) is 0 Å². The van der Waals surface area contributed by atoms with E-state index in [-0.39, 0.29) is 17.0 Å². The first-order valence-corrected chi connectivity index (χ1v) is 7.16. The van der Waals surface area contributed by atoms with Gasteiger partial charge in [0.1, 0.15) is 0 Å². The van der Waals surface area contributed by atoms with Crippen molar-refractivity contribution in [2.45, 2.75) is 12.8 Å². The van der Waals surface area contributed by atoms with Crippen LogP contribution in [0.2, 0.25) is 0 Å². The zero-order valence-electron chi connectivity index (χ0n) is 9.67. The Kier molecular flexibility index (Phi) is 3.16. The average molecular weight is 270 g/mol. The first-order valence-electron chi connectivity index (χ1n) is 5.55. The lowest BCUT2D eigenvalue weighted by atomic mass is 10.1. The van der Waals surface area contributed by atoms with E-state index in [9.17, 15) is 13.2 Å². The summed E-state index contributed by atoms with van der Waals surface area (Å²) in [4.78, 5) is 11.1. The van der Waals surface area contributed by atoms with Crippen molar-refractivity contribution in [3.05, 3.63) is 23.8 Å². The predicted molar refractivity (Wildman–Crippen MR) is 68.2 cm³/mol. The van der Waals surface area contributed by atoms with Crippen LogP contribution in [-0.4, -0.2) is 31.8 Å². The fourth-order valence-electron chi connectivity index (χ4n) is 2.00. The van der Waals surface area contributed by atoms with Crippen LogP contribution < -0.4 is 10.0 Å². The molecule has 1 heterocycles. The number of sulfonamides is 1. The number of hydrogen-bond donors (Lipinski definition) is 2. The highest BCUT2D eigenvalue weighted by atomic mass is 32.2. The molecule has 1 saturated heterocycles. The van der Waals surface area contributed by atoms with Gasteiger partial charge < -0.3 is 10.8 Å². The van der Waals surface area contributed by atoms with E-state index < -0.39 is 16.0 Å². The molecule has 1 fully saturated rings. The van der Waals surface area contributed by atoms with Crippen LogP contribution in [0, 0.1) is 0 Å². The molecular weight excluding hydrogens is 256 g/mol. The van der Waals surface area contributed by atoms with Gasteiger partial charge in [0, 0.05) is 12.2 Å². The Labute approximate surface area is 105 Å². The van der Waals surface area contributed by atoms with Gasteiger partial charge in [-0.25, -0.2) is 13.2 Å². The Bertz CT molecular complexity index is 583. The largest absolute Gasteiger partial charge is 0.478 e. The minimum Gasteiger partial charge on any atom is -0.478 e. The fraction of sp³-hybridized carbons (Fsp3) is 0.364. The summed E-state index contributed by atoms with van der Waals surface area (Å²) >= 11 is 0. The topological polar surface area (TPSA) is 101 Å². The molecule has 1 aromatic carbocycles. The Morgan fingerprint density at radius 3 is 2.67 bits per heavy atom. The van der Waals surface area contributed by atoms with Gasteiger partial charge in [-0.2, -0.15) is 0 Å². The SMILES string of the molecule is Nc1ccc(C(=O)O)c(N2CCCCS2(=O)=O)c1. The van der Waals surface area contributed by atoms with Crippen LogP contribution >= 0.6 is 0 Å². The standard InChI is InChI=1S/C11H14N2O4S/c12-8-3-4-9(11(14)15)10(7-8)13-5-1-2-6-18(13,16)17/h3-4,7H,1-2,5-6,12H2,(H,14,15). The summed E-state index contributed by atoms with van der Waals surface area (Å²) in [5.41, 5.74) is 6.06. The molecule has 18 heavy (non-hydrogen) atoms. The van der Waals surface area contributed by atoms with Gasteiger partial charge >= 0.3 is 5.97 Å². The number of carboxylic acid groups (broad SMARTS) is 1. The maximum Gasteiger partial charge on any atom is 0.337 e. The third kappa shape index (κ3) is 2.26. The Balaban J connectivity index is 2.55. The number of hydrogen-bond acceptors (Lipinski definition) is 4. The van der Waals surface area contributed by atoms with Gasteiger partial charge in [0.05, 0.1) is 17.0 Å². The molecular formula is C11H14N2O4S. The van der Waals surface area contributed by atoms with E-state index in [1.54, 1.807) is 0 Å². The Hall–Kier alpha value is -1.76. The molecule has 0 saturated carbocycles. The summed E-state index contributed by atoms with van der Waals surface area (Å²) in [7, 11) is -3.43. The highest BCUT2D eigenvalue weighted by molar-refractivity contribution is 7.92. The van der Waals surface area contributed by atoms with E-state index in [0.29, 0.717) is 25.1 Å². The molecule has 7 heteroatoms. The number of anilines is 2. The second-order valence-electron chi connectivity index (χ2n) is 4.18. The van der Waals surface area contributed by atoms with Crippen LogP contribution in [0.15, 0.2) is 18.2 Å². The van der Waals surface area contributed by atoms with E-state index in [1.165, 1.54) is 18.2 Å².